The number of fused-ring (bicyclic) bond motifs is 2. The molecule has 3 atom stereocenters. The topological polar surface area (TPSA) is 83.3 Å². The summed E-state index contributed by atoms with van der Waals surface area (Å²) in [4.78, 5) is 21.3. The van der Waals surface area contributed by atoms with Crippen molar-refractivity contribution in [3.63, 3.8) is 0 Å². The minimum atomic E-state index is -0.966. The Morgan fingerprint density at radius 3 is 2.87 bits per heavy atom. The summed E-state index contributed by atoms with van der Waals surface area (Å²) in [7, 11) is 0. The summed E-state index contributed by atoms with van der Waals surface area (Å²) in [6.07, 6.45) is 14.1. The number of nitrogens with zero attached hydrogens (tertiary/aromatic N) is 1. The Bertz CT molecular complexity index is 1010. The molecule has 2 aromatic rings. The molecule has 2 saturated carbocycles. The zero-order valence-electron chi connectivity index (χ0n) is 17.8. The van der Waals surface area contributed by atoms with Crippen LogP contribution in [0.1, 0.15) is 51.0 Å². The molecule has 0 bridgehead atoms. The molecule has 158 valence electrons. The second kappa shape index (κ2) is 7.38. The van der Waals surface area contributed by atoms with Gasteiger partial charge in [0.05, 0.1) is 5.54 Å². The molecule has 5 heteroatoms. The lowest BCUT2D eigenvalue weighted by Crippen LogP contribution is -2.55. The molecule has 0 spiro atoms. The minimum Gasteiger partial charge on any atom is -0.361 e. The number of rotatable bonds is 6. The lowest BCUT2D eigenvalue weighted by atomic mass is 9.71. The van der Waals surface area contributed by atoms with E-state index in [4.69, 9.17) is 10.7 Å². The first-order valence-electron chi connectivity index (χ1n) is 11.4. The lowest BCUT2D eigenvalue weighted by Gasteiger charge is -2.39. The maximum atomic E-state index is 13.2. The second-order valence-electron chi connectivity index (χ2n) is 9.87. The quantitative estimate of drug-likeness (QED) is 0.677. The van der Waals surface area contributed by atoms with Gasteiger partial charge in [-0.05, 0) is 43.7 Å². The van der Waals surface area contributed by atoms with Crippen LogP contribution in [0.3, 0.4) is 0 Å². The van der Waals surface area contributed by atoms with Crippen molar-refractivity contribution in [2.45, 2.75) is 57.4 Å². The molecule has 0 saturated heterocycles. The van der Waals surface area contributed by atoms with Gasteiger partial charge in [0, 0.05) is 53.3 Å². The standard InChI is InChI=1S/C25H32N4O/c1-24(26,13-19-15-27-21-8-4-3-7-20(19)21)23(30)29-16-25(9-5-2-6-10-25)22-12-17-11-18(17)14-28-22/h3-4,7-8,12,14-15,17-18,27H,2,5-6,9-11,13,16,26H2,1H3,(H,29,30)/t17?,18?,24-/m0/s1. The molecule has 1 aliphatic heterocycles. The lowest BCUT2D eigenvalue weighted by molar-refractivity contribution is -0.126. The van der Waals surface area contributed by atoms with Crippen LogP contribution >= 0.6 is 0 Å². The van der Waals surface area contributed by atoms with Gasteiger partial charge >= 0.3 is 0 Å². The Labute approximate surface area is 178 Å². The van der Waals surface area contributed by atoms with Crippen LogP contribution in [0, 0.1) is 17.3 Å². The van der Waals surface area contributed by atoms with Crippen molar-refractivity contribution in [2.75, 3.05) is 6.54 Å². The predicted molar refractivity (Wildman–Crippen MR) is 121 cm³/mol. The summed E-state index contributed by atoms with van der Waals surface area (Å²) in [5.41, 5.74) is 8.90. The molecule has 2 heterocycles. The van der Waals surface area contributed by atoms with Crippen molar-refractivity contribution in [1.82, 2.24) is 10.3 Å². The van der Waals surface area contributed by atoms with Crippen LogP contribution in [0.4, 0.5) is 0 Å². The third kappa shape index (κ3) is 3.60. The Morgan fingerprint density at radius 2 is 2.07 bits per heavy atom. The molecule has 5 nitrogen and oxygen atoms in total. The Kier molecular flexibility index (Phi) is 4.81. The van der Waals surface area contributed by atoms with E-state index in [0.29, 0.717) is 24.8 Å². The van der Waals surface area contributed by atoms with Gasteiger partial charge in [-0.15, -0.1) is 0 Å². The number of aromatic nitrogens is 1. The van der Waals surface area contributed by atoms with E-state index in [2.05, 4.69) is 28.7 Å². The van der Waals surface area contributed by atoms with Gasteiger partial charge in [-0.25, -0.2) is 0 Å². The number of hydrogen-bond donors (Lipinski definition) is 3. The average Bonchev–Trinajstić information content (AvgIpc) is 3.45. The number of H-pyrrole nitrogens is 1. The fourth-order valence-electron chi connectivity index (χ4n) is 5.29. The Hall–Kier alpha value is -2.40. The molecule has 5 rings (SSSR count). The van der Waals surface area contributed by atoms with Crippen molar-refractivity contribution in [1.29, 1.82) is 0 Å². The maximum Gasteiger partial charge on any atom is 0.240 e. The van der Waals surface area contributed by atoms with Gasteiger partial charge in [-0.1, -0.05) is 43.5 Å². The molecule has 2 fully saturated rings. The number of benzene rings is 1. The van der Waals surface area contributed by atoms with Crippen molar-refractivity contribution >= 4 is 23.0 Å². The van der Waals surface area contributed by atoms with Crippen LogP contribution in [0.15, 0.2) is 47.2 Å². The van der Waals surface area contributed by atoms with Gasteiger partial charge in [0.25, 0.3) is 0 Å². The van der Waals surface area contributed by atoms with Crippen LogP contribution < -0.4 is 11.1 Å². The largest absolute Gasteiger partial charge is 0.361 e. The highest BCUT2D eigenvalue weighted by Gasteiger charge is 2.43. The van der Waals surface area contributed by atoms with E-state index in [1.165, 1.54) is 31.4 Å². The molecular weight excluding hydrogens is 372 g/mol. The first-order valence-corrected chi connectivity index (χ1v) is 11.4. The van der Waals surface area contributed by atoms with Gasteiger partial charge in [-0.3, -0.25) is 9.79 Å². The highest BCUT2D eigenvalue weighted by molar-refractivity contribution is 5.88. The molecule has 0 radical (unpaired) electrons. The van der Waals surface area contributed by atoms with Crippen LogP contribution in [-0.4, -0.2) is 29.2 Å². The number of nitrogens with one attached hydrogen (secondary N) is 2. The van der Waals surface area contributed by atoms with E-state index in [1.807, 2.05) is 31.3 Å². The van der Waals surface area contributed by atoms with Crippen LogP contribution in [-0.2, 0) is 11.2 Å². The number of hydrogen-bond acceptors (Lipinski definition) is 3. The zero-order chi connectivity index (χ0) is 20.8. The summed E-state index contributed by atoms with van der Waals surface area (Å²) in [6, 6.07) is 8.14. The van der Waals surface area contributed by atoms with E-state index in [0.717, 1.165) is 29.3 Å². The van der Waals surface area contributed by atoms with Crippen LogP contribution in [0.2, 0.25) is 0 Å². The monoisotopic (exact) mass is 404 g/mol. The maximum absolute atomic E-state index is 13.2. The predicted octanol–water partition coefficient (Wildman–Crippen LogP) is 4.10. The van der Waals surface area contributed by atoms with E-state index in [-0.39, 0.29) is 11.3 Å². The SMILES string of the molecule is C[C@](N)(Cc1c[nH]c2ccccc12)C(=O)NCC1(C2=CC3CC3C=N2)CCCCC1. The molecule has 30 heavy (non-hydrogen) atoms. The van der Waals surface area contributed by atoms with E-state index < -0.39 is 5.54 Å². The van der Waals surface area contributed by atoms with Gasteiger partial charge in [0.1, 0.15) is 0 Å². The fraction of sp³-hybridized carbons (Fsp3) is 0.520. The van der Waals surface area contributed by atoms with Crippen LogP contribution in [0.25, 0.3) is 10.9 Å². The highest BCUT2D eigenvalue weighted by atomic mass is 16.2. The molecule has 1 aromatic carbocycles. The summed E-state index contributed by atoms with van der Waals surface area (Å²) in [5.74, 6) is 1.25. The summed E-state index contributed by atoms with van der Waals surface area (Å²) in [6.45, 7) is 2.47. The summed E-state index contributed by atoms with van der Waals surface area (Å²) in [5, 5.41) is 4.36. The fourth-order valence-corrected chi connectivity index (χ4v) is 5.29. The van der Waals surface area contributed by atoms with Gasteiger partial charge in [-0.2, -0.15) is 0 Å². The molecule has 3 aliphatic rings. The number of aliphatic imine (C=N–C) groups is 1. The zero-order valence-corrected chi connectivity index (χ0v) is 17.8. The Morgan fingerprint density at radius 1 is 1.27 bits per heavy atom. The van der Waals surface area contributed by atoms with Gasteiger partial charge in [0.2, 0.25) is 5.91 Å². The van der Waals surface area contributed by atoms with Crippen molar-refractivity contribution in [2.24, 2.45) is 28.0 Å². The number of carbonyl (C=O) groups is 1. The highest BCUT2D eigenvalue weighted by Crippen LogP contribution is 2.49. The number of allylic oxidation sites excluding steroid dienone is 1. The van der Waals surface area contributed by atoms with Crippen LogP contribution in [0.5, 0.6) is 0 Å². The number of nitrogens with two attached hydrogens (primary N) is 1. The molecule has 1 amide bonds. The van der Waals surface area contributed by atoms with Crippen molar-refractivity contribution < 1.29 is 4.79 Å². The van der Waals surface area contributed by atoms with E-state index in [9.17, 15) is 4.79 Å². The van der Waals surface area contributed by atoms with E-state index >= 15 is 0 Å². The van der Waals surface area contributed by atoms with Crippen molar-refractivity contribution in [3.05, 3.63) is 47.8 Å². The first kappa shape index (κ1) is 19.6. The third-order valence-electron chi connectivity index (χ3n) is 7.36. The van der Waals surface area contributed by atoms with E-state index in [1.54, 1.807) is 0 Å². The minimum absolute atomic E-state index is 0.0329. The summed E-state index contributed by atoms with van der Waals surface area (Å²) >= 11 is 0. The van der Waals surface area contributed by atoms with Gasteiger partial charge in [0.15, 0.2) is 0 Å². The number of aromatic amines is 1. The third-order valence-corrected chi connectivity index (χ3v) is 7.36. The number of amides is 1. The number of carbonyl (C=O) groups excluding carboxylic acids is 1. The smallest absolute Gasteiger partial charge is 0.240 e. The number of para-hydroxylation sites is 1. The first-order chi connectivity index (χ1) is 14.5. The molecular formula is C25H32N4O. The molecule has 1 aromatic heterocycles. The van der Waals surface area contributed by atoms with Gasteiger partial charge < -0.3 is 16.0 Å². The molecule has 2 unspecified atom stereocenters. The average molecular weight is 405 g/mol. The Balaban J connectivity index is 1.30. The second-order valence-corrected chi connectivity index (χ2v) is 9.87. The normalized spacial score (nSPS) is 26.5. The van der Waals surface area contributed by atoms with Crippen molar-refractivity contribution in [3.8, 4) is 0 Å². The summed E-state index contributed by atoms with van der Waals surface area (Å²) < 4.78 is 0. The molecule has 2 aliphatic carbocycles. The molecule has 4 N–H and O–H groups in total.